The van der Waals surface area contributed by atoms with Gasteiger partial charge in [0.2, 0.25) is 7.98 Å². The summed E-state index contributed by atoms with van der Waals surface area (Å²) < 4.78 is 0. The van der Waals surface area contributed by atoms with E-state index in [1.807, 2.05) is 44.2 Å². The Kier molecular flexibility index (Phi) is 5.07. The quantitative estimate of drug-likeness (QED) is 0.610. The molecule has 0 fully saturated rings. The van der Waals surface area contributed by atoms with E-state index in [9.17, 15) is 0 Å². The van der Waals surface area contributed by atoms with E-state index in [-0.39, 0.29) is 0 Å². The minimum atomic E-state index is 0.658. The number of nitrogens with two attached hydrogens (primary N) is 1. The van der Waals surface area contributed by atoms with E-state index in [0.29, 0.717) is 5.69 Å². The fraction of sp³-hybridized carbons (Fsp3) is 0.154. The molecule has 86 valence electrons. The predicted molar refractivity (Wildman–Crippen MR) is 74.8 cm³/mol. The lowest BCUT2D eigenvalue weighted by Crippen LogP contribution is -1.94. The molecule has 0 spiro atoms. The first-order chi connectivity index (χ1) is 8.29. The van der Waals surface area contributed by atoms with Gasteiger partial charge in [-0.25, -0.2) is 0 Å². The number of anilines is 2. The number of pyridine rings is 1. The normalized spacial score (nSPS) is 9.06. The zero-order chi connectivity index (χ0) is 12.7. The molecule has 0 bridgehead atoms. The number of hydrogen-bond acceptors (Lipinski definition) is 3. The summed E-state index contributed by atoms with van der Waals surface area (Å²) in [4.78, 5) is 4.24. The number of rotatable bonds is 2. The zero-order valence-corrected chi connectivity index (χ0v) is 10.1. The van der Waals surface area contributed by atoms with Crippen molar-refractivity contribution < 1.29 is 0 Å². The van der Waals surface area contributed by atoms with Crippen molar-refractivity contribution in [3.63, 3.8) is 0 Å². The van der Waals surface area contributed by atoms with Crippen LogP contribution in [0.1, 0.15) is 13.8 Å². The Morgan fingerprint density at radius 2 is 1.94 bits per heavy atom. The minimum absolute atomic E-state index is 0.658. The molecule has 17 heavy (non-hydrogen) atoms. The summed E-state index contributed by atoms with van der Waals surface area (Å²) in [6, 6.07) is 11.3. The highest BCUT2D eigenvalue weighted by molar-refractivity contribution is 6.16. The van der Waals surface area contributed by atoms with E-state index in [1.165, 1.54) is 0 Å². The van der Waals surface area contributed by atoms with Crippen molar-refractivity contribution >= 4 is 19.4 Å². The lowest BCUT2D eigenvalue weighted by molar-refractivity contribution is 1.33. The summed E-state index contributed by atoms with van der Waals surface area (Å²) in [6.07, 6.45) is 1.74. The van der Waals surface area contributed by atoms with Gasteiger partial charge in [0, 0.05) is 23.1 Å². The van der Waals surface area contributed by atoms with Gasteiger partial charge in [0.25, 0.3) is 0 Å². The fourth-order valence-corrected chi connectivity index (χ4v) is 1.42. The number of benzene rings is 1. The highest BCUT2D eigenvalue weighted by Crippen LogP contribution is 2.23. The van der Waals surface area contributed by atoms with Crippen LogP contribution in [-0.4, -0.2) is 13.0 Å². The van der Waals surface area contributed by atoms with Gasteiger partial charge in [0.15, 0.2) is 0 Å². The third kappa shape index (κ3) is 3.52. The minimum Gasteiger partial charge on any atom is -0.437 e. The van der Waals surface area contributed by atoms with Crippen molar-refractivity contribution in [1.82, 2.24) is 4.98 Å². The maximum Gasteiger partial charge on any atom is 0.222 e. The van der Waals surface area contributed by atoms with Crippen LogP contribution >= 0.6 is 0 Å². The van der Waals surface area contributed by atoms with Gasteiger partial charge in [-0.2, -0.15) is 0 Å². The van der Waals surface area contributed by atoms with Gasteiger partial charge in [-0.3, -0.25) is 4.98 Å². The highest BCUT2D eigenvalue weighted by Gasteiger charge is 2.00. The first-order valence-electron chi connectivity index (χ1n) is 5.58. The average Bonchev–Trinajstić information content (AvgIpc) is 2.41. The molecule has 0 atom stereocenters. The molecule has 3 N–H and O–H groups in total. The van der Waals surface area contributed by atoms with Crippen molar-refractivity contribution in [2.24, 2.45) is 0 Å². The summed E-state index contributed by atoms with van der Waals surface area (Å²) >= 11 is 0. The summed E-state index contributed by atoms with van der Waals surface area (Å²) in [5.74, 6) is 0. The second-order valence-corrected chi connectivity index (χ2v) is 3.20. The van der Waals surface area contributed by atoms with E-state index in [4.69, 9.17) is 13.7 Å². The summed E-state index contributed by atoms with van der Waals surface area (Å²) in [7, 11) is 5.34. The molecule has 0 unspecified atom stereocenters. The maximum absolute atomic E-state index is 5.75. The van der Waals surface area contributed by atoms with E-state index < -0.39 is 0 Å². The molecule has 3 nitrogen and oxygen atoms in total. The lowest BCUT2D eigenvalue weighted by Gasteiger charge is -2.06. The molecule has 2 radical (unpaired) electrons. The number of nitrogens with zero attached hydrogens (tertiary/aromatic N) is 1. The van der Waals surface area contributed by atoms with Crippen molar-refractivity contribution in [3.8, 4) is 11.3 Å². The van der Waals surface area contributed by atoms with Crippen LogP contribution in [0.3, 0.4) is 0 Å². The standard InChI is InChI=1S/C11H10BN3.C2H6/c12-15-10-6-8(5-9(13)7-10)11-3-1-2-4-14-11;1-2/h1-7,15H,13H2;1-2H3. The molecule has 0 amide bonds. The molecule has 0 saturated heterocycles. The molecule has 1 aromatic carbocycles. The SMILES string of the molecule is CC.[B]Nc1cc(N)cc(-c2ccccn2)c1. The van der Waals surface area contributed by atoms with Crippen LogP contribution in [0.15, 0.2) is 42.6 Å². The molecule has 1 heterocycles. The predicted octanol–water partition coefficient (Wildman–Crippen LogP) is 2.85. The Labute approximate surface area is 104 Å². The first kappa shape index (κ1) is 13.1. The highest BCUT2D eigenvalue weighted by atomic mass is 14.7. The lowest BCUT2D eigenvalue weighted by atomic mass is 10.1. The molecule has 0 aliphatic carbocycles. The second kappa shape index (κ2) is 6.58. The van der Waals surface area contributed by atoms with Gasteiger partial charge >= 0.3 is 0 Å². The topological polar surface area (TPSA) is 50.9 Å². The van der Waals surface area contributed by atoms with Crippen molar-refractivity contribution in [2.45, 2.75) is 13.8 Å². The van der Waals surface area contributed by atoms with Gasteiger partial charge in [0.05, 0.1) is 5.69 Å². The monoisotopic (exact) mass is 225 g/mol. The Morgan fingerprint density at radius 3 is 2.53 bits per heavy atom. The van der Waals surface area contributed by atoms with Gasteiger partial charge < -0.3 is 11.0 Å². The van der Waals surface area contributed by atoms with Gasteiger partial charge in [-0.1, -0.05) is 19.9 Å². The number of nitrogen functional groups attached to an aromatic ring is 1. The van der Waals surface area contributed by atoms with E-state index in [0.717, 1.165) is 16.9 Å². The van der Waals surface area contributed by atoms with Gasteiger partial charge in [-0.15, -0.1) is 0 Å². The van der Waals surface area contributed by atoms with E-state index >= 15 is 0 Å². The number of aromatic nitrogens is 1. The Morgan fingerprint density at radius 1 is 1.18 bits per heavy atom. The van der Waals surface area contributed by atoms with Crippen LogP contribution in [0, 0.1) is 0 Å². The summed E-state index contributed by atoms with van der Waals surface area (Å²) in [6.45, 7) is 4.00. The third-order valence-electron chi connectivity index (χ3n) is 2.08. The largest absolute Gasteiger partial charge is 0.437 e. The van der Waals surface area contributed by atoms with Gasteiger partial charge in [0.1, 0.15) is 0 Å². The molecule has 0 aliphatic heterocycles. The van der Waals surface area contributed by atoms with Crippen molar-refractivity contribution in [3.05, 3.63) is 42.6 Å². The van der Waals surface area contributed by atoms with E-state index in [1.54, 1.807) is 12.3 Å². The molecule has 0 saturated carbocycles. The molecule has 1 aromatic heterocycles. The van der Waals surface area contributed by atoms with Crippen LogP contribution in [0.5, 0.6) is 0 Å². The van der Waals surface area contributed by atoms with Crippen molar-refractivity contribution in [1.29, 1.82) is 0 Å². The molecular weight excluding hydrogens is 209 g/mol. The summed E-state index contributed by atoms with van der Waals surface area (Å²) in [5, 5.41) is 2.57. The average molecular weight is 225 g/mol. The number of hydrogen-bond donors (Lipinski definition) is 2. The van der Waals surface area contributed by atoms with Crippen LogP contribution < -0.4 is 11.0 Å². The number of nitrogens with one attached hydrogen (secondary N) is 1. The zero-order valence-electron chi connectivity index (χ0n) is 10.1. The van der Waals surface area contributed by atoms with Crippen LogP contribution in [0.25, 0.3) is 11.3 Å². The second-order valence-electron chi connectivity index (χ2n) is 3.20. The van der Waals surface area contributed by atoms with E-state index in [2.05, 4.69) is 10.2 Å². The Balaban J connectivity index is 0.000000686. The molecule has 0 aliphatic rings. The smallest absolute Gasteiger partial charge is 0.222 e. The molecule has 2 rings (SSSR count). The molecular formula is C13H16BN3. The summed E-state index contributed by atoms with van der Waals surface area (Å²) in [5.41, 5.74) is 9.01. The molecule has 4 heteroatoms. The fourth-order valence-electron chi connectivity index (χ4n) is 1.42. The van der Waals surface area contributed by atoms with Crippen molar-refractivity contribution in [2.75, 3.05) is 11.0 Å². The van der Waals surface area contributed by atoms with Crippen LogP contribution in [0.4, 0.5) is 11.4 Å². The van der Waals surface area contributed by atoms with Crippen LogP contribution in [-0.2, 0) is 0 Å². The van der Waals surface area contributed by atoms with Crippen LogP contribution in [0.2, 0.25) is 0 Å². The van der Waals surface area contributed by atoms with Gasteiger partial charge in [-0.05, 0) is 30.3 Å². The molecule has 2 aromatic rings. The first-order valence-corrected chi connectivity index (χ1v) is 5.58. The Hall–Kier alpha value is -1.97. The maximum atomic E-state index is 5.75. The third-order valence-corrected chi connectivity index (χ3v) is 2.08. The Bertz CT molecular complexity index is 457.